The molecule has 0 saturated carbocycles. The lowest BCUT2D eigenvalue weighted by molar-refractivity contribution is -0.117. The molecule has 1 fully saturated rings. The molecule has 0 radical (unpaired) electrons. The van der Waals surface area contributed by atoms with Crippen LogP contribution in [0.5, 0.6) is 0 Å². The number of aromatic nitrogens is 5. The summed E-state index contributed by atoms with van der Waals surface area (Å²) in [5.74, 6) is 0.819. The van der Waals surface area contributed by atoms with E-state index >= 15 is 0 Å². The summed E-state index contributed by atoms with van der Waals surface area (Å²) in [6, 6.07) is 3.70. The average molecular weight is 469 g/mol. The van der Waals surface area contributed by atoms with E-state index in [1.807, 2.05) is 6.07 Å². The Bertz CT molecular complexity index is 1200. The third-order valence-corrected chi connectivity index (χ3v) is 6.19. The molecule has 3 N–H and O–H groups in total. The Morgan fingerprint density at radius 2 is 2.12 bits per heavy atom. The monoisotopic (exact) mass is 468 g/mol. The first-order valence-corrected chi connectivity index (χ1v) is 11.4. The number of pyridine rings is 1. The van der Waals surface area contributed by atoms with Crippen LogP contribution in [0.1, 0.15) is 49.6 Å². The predicted molar refractivity (Wildman–Crippen MR) is 123 cm³/mol. The lowest BCUT2D eigenvalue weighted by Crippen LogP contribution is -2.40. The normalized spacial score (nSPS) is 19.5. The summed E-state index contributed by atoms with van der Waals surface area (Å²) in [6.45, 7) is 4.16. The number of nitrogens with zero attached hydrogens (tertiary/aromatic N) is 5. The minimum absolute atomic E-state index is 0.0118. The molecule has 3 aromatic heterocycles. The van der Waals surface area contributed by atoms with Crippen molar-refractivity contribution in [3.63, 3.8) is 0 Å². The molecule has 1 amide bonds. The highest BCUT2D eigenvalue weighted by atomic mass is 19.1. The Balaban J connectivity index is 1.42. The Hall–Kier alpha value is -3.63. The molecule has 0 unspecified atom stereocenters. The second-order valence-electron chi connectivity index (χ2n) is 9.00. The fraction of sp³-hybridized carbons (Fsp3) is 0.435. The van der Waals surface area contributed by atoms with Gasteiger partial charge in [-0.3, -0.25) is 9.89 Å². The van der Waals surface area contributed by atoms with E-state index in [1.54, 1.807) is 4.90 Å². The van der Waals surface area contributed by atoms with Crippen molar-refractivity contribution < 1.29 is 13.6 Å². The maximum absolute atomic E-state index is 14.5. The molecule has 9 nitrogen and oxygen atoms in total. The summed E-state index contributed by atoms with van der Waals surface area (Å²) in [7, 11) is 0. The van der Waals surface area contributed by atoms with Crippen molar-refractivity contribution in [1.82, 2.24) is 25.1 Å². The molecule has 1 saturated heterocycles. The van der Waals surface area contributed by atoms with E-state index in [2.05, 4.69) is 39.7 Å². The molecule has 3 aromatic rings. The molecular formula is C23H26F2N8O. The largest absolute Gasteiger partial charge is 0.326 e. The number of aryl methyl sites for hydroxylation is 1. The summed E-state index contributed by atoms with van der Waals surface area (Å²) in [4.78, 5) is 27.5. The summed E-state index contributed by atoms with van der Waals surface area (Å²) in [5.41, 5.74) is 3.26. The van der Waals surface area contributed by atoms with E-state index in [-0.39, 0.29) is 13.0 Å². The fourth-order valence-corrected chi connectivity index (χ4v) is 4.40. The van der Waals surface area contributed by atoms with Gasteiger partial charge in [-0.25, -0.2) is 14.4 Å². The third kappa shape index (κ3) is 4.42. The molecule has 34 heavy (non-hydrogen) atoms. The van der Waals surface area contributed by atoms with Gasteiger partial charge in [0.25, 0.3) is 0 Å². The maximum atomic E-state index is 14.5. The number of hydrogen-bond donors (Lipinski definition) is 3. The number of H-pyrrole nitrogens is 1. The number of fused-ring (bicyclic) bond motifs is 1. The van der Waals surface area contributed by atoms with Gasteiger partial charge in [0, 0.05) is 23.7 Å². The predicted octanol–water partition coefficient (Wildman–Crippen LogP) is 3.65. The first-order chi connectivity index (χ1) is 16.4. The van der Waals surface area contributed by atoms with Gasteiger partial charge < -0.3 is 15.5 Å². The van der Waals surface area contributed by atoms with Gasteiger partial charge in [0.15, 0.2) is 5.82 Å². The highest BCUT2D eigenvalue weighted by molar-refractivity contribution is 5.97. The van der Waals surface area contributed by atoms with Crippen LogP contribution in [-0.4, -0.2) is 49.8 Å². The zero-order chi connectivity index (χ0) is 23.8. The number of anilines is 4. The maximum Gasteiger partial charge on any atom is 0.247 e. The molecule has 11 heteroatoms. The first-order valence-electron chi connectivity index (χ1n) is 11.4. The van der Waals surface area contributed by atoms with Crippen molar-refractivity contribution in [2.45, 2.75) is 57.7 Å². The van der Waals surface area contributed by atoms with E-state index in [0.29, 0.717) is 29.2 Å². The lowest BCUT2D eigenvalue weighted by atomic mass is 10.1. The first kappa shape index (κ1) is 22.2. The molecular weight excluding hydrogens is 442 g/mol. The highest BCUT2D eigenvalue weighted by Gasteiger charge is 2.39. The number of amides is 1. The highest BCUT2D eigenvalue weighted by Crippen LogP contribution is 2.33. The SMILES string of the molecule is CC(C)c1cc(Nc2nc(N3C[C@H](F)C[C@H]3C(=O)Nc3ccc(F)nc3)nc3c2CCC3)n[nH]1. The fourth-order valence-electron chi connectivity index (χ4n) is 4.40. The molecule has 2 aliphatic rings. The second kappa shape index (κ2) is 8.96. The molecule has 0 aromatic carbocycles. The van der Waals surface area contributed by atoms with Crippen LogP contribution in [0.4, 0.5) is 32.1 Å². The number of carbonyl (C=O) groups excluding carboxylic acids is 1. The van der Waals surface area contributed by atoms with Crippen LogP contribution >= 0.6 is 0 Å². The van der Waals surface area contributed by atoms with Crippen molar-refractivity contribution in [2.75, 3.05) is 22.1 Å². The van der Waals surface area contributed by atoms with Gasteiger partial charge in [-0.2, -0.15) is 14.5 Å². The molecule has 1 aliphatic heterocycles. The van der Waals surface area contributed by atoms with Gasteiger partial charge in [-0.1, -0.05) is 13.8 Å². The van der Waals surface area contributed by atoms with Gasteiger partial charge in [0.05, 0.1) is 24.1 Å². The van der Waals surface area contributed by atoms with E-state index < -0.39 is 24.1 Å². The van der Waals surface area contributed by atoms with Crippen molar-refractivity contribution in [3.05, 3.63) is 47.3 Å². The van der Waals surface area contributed by atoms with Crippen LogP contribution in [0.3, 0.4) is 0 Å². The van der Waals surface area contributed by atoms with Gasteiger partial charge in [0.2, 0.25) is 17.8 Å². The molecule has 4 heterocycles. The van der Waals surface area contributed by atoms with Crippen LogP contribution in [0.2, 0.25) is 0 Å². The number of nitrogens with one attached hydrogen (secondary N) is 3. The van der Waals surface area contributed by atoms with Crippen LogP contribution in [0, 0.1) is 5.95 Å². The Morgan fingerprint density at radius 3 is 2.85 bits per heavy atom. The number of carbonyl (C=O) groups is 1. The Kier molecular flexibility index (Phi) is 5.84. The molecule has 5 rings (SSSR count). The zero-order valence-corrected chi connectivity index (χ0v) is 19.0. The quantitative estimate of drug-likeness (QED) is 0.474. The van der Waals surface area contributed by atoms with Crippen molar-refractivity contribution in [3.8, 4) is 0 Å². The van der Waals surface area contributed by atoms with Gasteiger partial charge >= 0.3 is 0 Å². The molecule has 1 aliphatic carbocycles. The van der Waals surface area contributed by atoms with Crippen molar-refractivity contribution in [2.24, 2.45) is 0 Å². The number of aromatic amines is 1. The van der Waals surface area contributed by atoms with Crippen LogP contribution in [0.15, 0.2) is 24.4 Å². The van der Waals surface area contributed by atoms with E-state index in [9.17, 15) is 13.6 Å². The zero-order valence-electron chi connectivity index (χ0n) is 19.0. The van der Waals surface area contributed by atoms with Crippen LogP contribution in [0.25, 0.3) is 0 Å². The van der Waals surface area contributed by atoms with E-state index in [4.69, 9.17) is 9.97 Å². The van der Waals surface area contributed by atoms with E-state index in [0.717, 1.165) is 42.3 Å². The van der Waals surface area contributed by atoms with Gasteiger partial charge in [-0.05, 0) is 37.3 Å². The Morgan fingerprint density at radius 1 is 1.26 bits per heavy atom. The molecule has 2 atom stereocenters. The molecule has 178 valence electrons. The second-order valence-corrected chi connectivity index (χ2v) is 9.00. The summed E-state index contributed by atoms with van der Waals surface area (Å²) in [5, 5.41) is 13.3. The molecule has 0 bridgehead atoms. The number of hydrogen-bond acceptors (Lipinski definition) is 7. The minimum Gasteiger partial charge on any atom is -0.326 e. The van der Waals surface area contributed by atoms with Crippen LogP contribution < -0.4 is 15.5 Å². The smallest absolute Gasteiger partial charge is 0.247 e. The summed E-state index contributed by atoms with van der Waals surface area (Å²) in [6.07, 6.45) is 2.63. The van der Waals surface area contributed by atoms with Crippen LogP contribution in [-0.2, 0) is 17.6 Å². The average Bonchev–Trinajstić information content (AvgIpc) is 3.54. The number of halogens is 2. The summed E-state index contributed by atoms with van der Waals surface area (Å²) >= 11 is 0. The summed E-state index contributed by atoms with van der Waals surface area (Å²) < 4.78 is 27.6. The topological polar surface area (TPSA) is 112 Å². The Labute approximate surface area is 195 Å². The molecule has 0 spiro atoms. The van der Waals surface area contributed by atoms with Gasteiger partial charge in [-0.15, -0.1) is 0 Å². The van der Waals surface area contributed by atoms with Crippen molar-refractivity contribution in [1.29, 1.82) is 0 Å². The lowest BCUT2D eigenvalue weighted by Gasteiger charge is -2.24. The number of alkyl halides is 1. The van der Waals surface area contributed by atoms with E-state index in [1.165, 1.54) is 12.3 Å². The standard InChI is InChI=1S/C23H26F2N8O/c1-12(2)17-9-20(32-31-17)29-21-15-4-3-5-16(15)28-23(30-21)33-11-13(24)8-18(33)22(34)27-14-6-7-19(25)26-10-14/h6-7,9-10,12-13,18H,3-5,8,11H2,1-2H3,(H,27,34)(H2,28,29,30,31,32)/t13-,18+/m1/s1. The minimum atomic E-state index is -1.20. The van der Waals surface area contributed by atoms with Gasteiger partial charge in [0.1, 0.15) is 18.0 Å². The van der Waals surface area contributed by atoms with Crippen molar-refractivity contribution >= 4 is 29.2 Å². The number of rotatable bonds is 6. The third-order valence-electron chi connectivity index (χ3n) is 6.19.